The summed E-state index contributed by atoms with van der Waals surface area (Å²) in [6.45, 7) is 2.74. The zero-order chi connectivity index (χ0) is 24.0. The van der Waals surface area contributed by atoms with E-state index in [9.17, 15) is 4.79 Å². The Bertz CT molecular complexity index is 1260. The van der Waals surface area contributed by atoms with Crippen LogP contribution in [-0.4, -0.2) is 46.2 Å². The number of aromatic nitrogens is 8. The molecular weight excluding hydrogens is 440 g/mol. The van der Waals surface area contributed by atoms with Crippen molar-refractivity contribution in [3.63, 3.8) is 0 Å². The number of carbonyl (C=O) groups excluding carboxylic acids is 1. The molecule has 180 valence electrons. The average molecular weight is 471 g/mol. The van der Waals surface area contributed by atoms with Gasteiger partial charge in [0.15, 0.2) is 0 Å². The van der Waals surface area contributed by atoms with E-state index >= 15 is 0 Å². The molecule has 1 N–H and O–H groups in total. The molecule has 0 spiro atoms. The number of unbranched alkanes of at least 4 members (excludes halogenated alkanes) is 1. The summed E-state index contributed by atoms with van der Waals surface area (Å²) in [7, 11) is 0. The van der Waals surface area contributed by atoms with Crippen LogP contribution in [0.1, 0.15) is 73.9 Å². The molecular formula is C26H30N8O. The molecule has 4 aromatic rings. The summed E-state index contributed by atoms with van der Waals surface area (Å²) in [6.07, 6.45) is 11.8. The van der Waals surface area contributed by atoms with Crippen LogP contribution in [0, 0.1) is 5.92 Å². The number of carbonyl (C=O) groups is 1. The van der Waals surface area contributed by atoms with Crippen molar-refractivity contribution in [2.45, 2.75) is 64.8 Å². The maximum Gasteiger partial charge on any atom is 0.217 e. The van der Waals surface area contributed by atoms with Crippen LogP contribution in [0.2, 0.25) is 0 Å². The largest absolute Gasteiger partial charge is 0.290 e. The fourth-order valence-electron chi connectivity index (χ4n) is 4.74. The van der Waals surface area contributed by atoms with Crippen LogP contribution in [0.3, 0.4) is 0 Å². The molecule has 35 heavy (non-hydrogen) atoms. The molecule has 0 saturated heterocycles. The van der Waals surface area contributed by atoms with E-state index in [-0.39, 0.29) is 11.7 Å². The molecule has 0 radical (unpaired) electrons. The number of H-pyrrole nitrogens is 1. The first kappa shape index (κ1) is 23.0. The van der Waals surface area contributed by atoms with Crippen molar-refractivity contribution < 1.29 is 4.79 Å². The van der Waals surface area contributed by atoms with E-state index in [2.05, 4.69) is 61.9 Å². The van der Waals surface area contributed by atoms with Gasteiger partial charge in [0.2, 0.25) is 17.4 Å². The molecule has 0 unspecified atom stereocenters. The van der Waals surface area contributed by atoms with Crippen molar-refractivity contribution in [1.29, 1.82) is 0 Å². The number of hydrogen-bond acceptors (Lipinski definition) is 7. The van der Waals surface area contributed by atoms with Crippen LogP contribution in [0.4, 0.5) is 0 Å². The van der Waals surface area contributed by atoms with Gasteiger partial charge in [0.25, 0.3) is 0 Å². The van der Waals surface area contributed by atoms with Gasteiger partial charge in [-0.05, 0) is 47.2 Å². The molecule has 0 atom stereocenters. The normalized spacial score (nSPS) is 14.3. The van der Waals surface area contributed by atoms with Gasteiger partial charge in [-0.1, -0.05) is 56.9 Å². The highest BCUT2D eigenvalue weighted by molar-refractivity contribution is 5.94. The van der Waals surface area contributed by atoms with E-state index < -0.39 is 0 Å². The standard InChI is InChI=1S/C26H30N8O/c1-2-3-9-23-28-26(24(35)20-7-5-4-6-8-20)31-34(23)17-18-10-12-19(13-11-18)21-14-15-27-16-22(21)25-29-32-33-30-25/h10-16,20H,2-9,17H2,1H3,(H,29,30,32,33). The van der Waals surface area contributed by atoms with E-state index in [0.29, 0.717) is 18.2 Å². The Hall–Kier alpha value is -3.75. The number of ketones is 1. The van der Waals surface area contributed by atoms with Crippen LogP contribution < -0.4 is 0 Å². The molecule has 3 aromatic heterocycles. The van der Waals surface area contributed by atoms with E-state index in [4.69, 9.17) is 4.98 Å². The third kappa shape index (κ3) is 5.18. The summed E-state index contributed by atoms with van der Waals surface area (Å²) in [5, 5.41) is 19.0. The predicted molar refractivity (Wildman–Crippen MR) is 131 cm³/mol. The summed E-state index contributed by atoms with van der Waals surface area (Å²) in [5.41, 5.74) is 3.94. The number of rotatable bonds is 9. The Kier molecular flexibility index (Phi) is 7.02. The van der Waals surface area contributed by atoms with Crippen LogP contribution in [0.25, 0.3) is 22.5 Å². The van der Waals surface area contributed by atoms with Crippen LogP contribution in [-0.2, 0) is 13.0 Å². The second-order valence-electron chi connectivity index (χ2n) is 9.17. The Morgan fingerprint density at radius 3 is 2.66 bits per heavy atom. The van der Waals surface area contributed by atoms with Crippen LogP contribution >= 0.6 is 0 Å². The Balaban J connectivity index is 1.37. The van der Waals surface area contributed by atoms with Gasteiger partial charge in [-0.15, -0.1) is 15.3 Å². The number of hydrogen-bond donors (Lipinski definition) is 1. The number of tetrazole rings is 1. The lowest BCUT2D eigenvalue weighted by Gasteiger charge is -2.18. The molecule has 1 fully saturated rings. The minimum atomic E-state index is 0.0756. The molecule has 0 aliphatic heterocycles. The summed E-state index contributed by atoms with van der Waals surface area (Å²) in [6, 6.07) is 10.3. The zero-order valence-corrected chi connectivity index (χ0v) is 20.0. The number of pyridine rings is 1. The fraction of sp³-hybridized carbons (Fsp3) is 0.423. The summed E-state index contributed by atoms with van der Waals surface area (Å²) >= 11 is 0. The van der Waals surface area contributed by atoms with E-state index in [1.807, 2.05) is 10.7 Å². The monoisotopic (exact) mass is 470 g/mol. The summed E-state index contributed by atoms with van der Waals surface area (Å²) in [5.74, 6) is 1.98. The van der Waals surface area contributed by atoms with Gasteiger partial charge in [0, 0.05) is 30.3 Å². The number of benzene rings is 1. The zero-order valence-electron chi connectivity index (χ0n) is 20.0. The number of nitrogens with one attached hydrogen (secondary N) is 1. The molecule has 1 aliphatic rings. The second kappa shape index (κ2) is 10.7. The fourth-order valence-corrected chi connectivity index (χ4v) is 4.74. The van der Waals surface area contributed by atoms with Crippen molar-refractivity contribution in [2.75, 3.05) is 0 Å². The maximum absolute atomic E-state index is 13.1. The summed E-state index contributed by atoms with van der Waals surface area (Å²) < 4.78 is 1.91. The van der Waals surface area contributed by atoms with Crippen LogP contribution in [0.15, 0.2) is 42.7 Å². The first-order chi connectivity index (χ1) is 17.2. The number of aromatic amines is 1. The lowest BCUT2D eigenvalue weighted by Crippen LogP contribution is -2.19. The third-order valence-corrected chi connectivity index (χ3v) is 6.70. The molecule has 5 rings (SSSR count). The lowest BCUT2D eigenvalue weighted by molar-refractivity contribution is 0.0878. The Labute approximate surface area is 204 Å². The van der Waals surface area contributed by atoms with Crippen molar-refractivity contribution in [2.24, 2.45) is 5.92 Å². The molecule has 0 bridgehead atoms. The third-order valence-electron chi connectivity index (χ3n) is 6.70. The van der Waals surface area contributed by atoms with Gasteiger partial charge in [0.05, 0.1) is 6.54 Å². The van der Waals surface area contributed by atoms with Gasteiger partial charge in [-0.3, -0.25) is 9.78 Å². The molecule has 0 amide bonds. The highest BCUT2D eigenvalue weighted by Gasteiger charge is 2.26. The molecule has 3 heterocycles. The molecule has 1 saturated carbocycles. The minimum Gasteiger partial charge on any atom is -0.290 e. The van der Waals surface area contributed by atoms with Crippen LogP contribution in [0.5, 0.6) is 0 Å². The van der Waals surface area contributed by atoms with Crippen molar-refractivity contribution in [1.82, 2.24) is 40.4 Å². The Morgan fingerprint density at radius 2 is 1.91 bits per heavy atom. The number of nitrogens with zero attached hydrogens (tertiary/aromatic N) is 7. The van der Waals surface area contributed by atoms with Gasteiger partial charge in [-0.2, -0.15) is 5.21 Å². The molecule has 1 aliphatic carbocycles. The van der Waals surface area contributed by atoms with E-state index in [0.717, 1.165) is 73.0 Å². The molecule has 1 aromatic carbocycles. The van der Waals surface area contributed by atoms with E-state index in [1.54, 1.807) is 12.4 Å². The summed E-state index contributed by atoms with van der Waals surface area (Å²) in [4.78, 5) is 22.0. The van der Waals surface area contributed by atoms with Gasteiger partial charge in [-0.25, -0.2) is 9.67 Å². The smallest absolute Gasteiger partial charge is 0.217 e. The van der Waals surface area contributed by atoms with Gasteiger partial charge >= 0.3 is 0 Å². The quantitative estimate of drug-likeness (QED) is 0.353. The highest BCUT2D eigenvalue weighted by Crippen LogP contribution is 2.29. The second-order valence-corrected chi connectivity index (χ2v) is 9.17. The lowest BCUT2D eigenvalue weighted by atomic mass is 9.86. The van der Waals surface area contributed by atoms with Crippen molar-refractivity contribution >= 4 is 5.78 Å². The minimum absolute atomic E-state index is 0.0756. The Morgan fingerprint density at radius 1 is 1.09 bits per heavy atom. The number of Topliss-reactive ketones (excluding diaryl/α,β-unsaturated/α-hetero) is 1. The molecule has 9 nitrogen and oxygen atoms in total. The SMILES string of the molecule is CCCCc1nc(C(=O)C2CCCCC2)nn1Cc1ccc(-c2ccncc2-c2nn[nH]n2)cc1. The van der Waals surface area contributed by atoms with Crippen molar-refractivity contribution in [3.05, 3.63) is 59.9 Å². The van der Waals surface area contributed by atoms with E-state index in [1.165, 1.54) is 6.42 Å². The highest BCUT2D eigenvalue weighted by atomic mass is 16.1. The van der Waals surface area contributed by atoms with Crippen molar-refractivity contribution in [3.8, 4) is 22.5 Å². The first-order valence-corrected chi connectivity index (χ1v) is 12.5. The molecule has 9 heteroatoms. The predicted octanol–water partition coefficient (Wildman–Crippen LogP) is 4.67. The first-order valence-electron chi connectivity index (χ1n) is 12.5. The maximum atomic E-state index is 13.1. The van der Waals surface area contributed by atoms with Gasteiger partial charge in [0.1, 0.15) is 5.82 Å². The number of aryl methyl sites for hydroxylation is 1. The van der Waals surface area contributed by atoms with Gasteiger partial charge < -0.3 is 0 Å². The topological polar surface area (TPSA) is 115 Å². The average Bonchev–Trinajstić information content (AvgIpc) is 3.59.